The van der Waals surface area contributed by atoms with Crippen LogP contribution in [-0.2, 0) is 0 Å². The molecule has 17 heavy (non-hydrogen) atoms. The molecule has 1 atom stereocenters. The summed E-state index contributed by atoms with van der Waals surface area (Å²) in [6.45, 7) is 9.22. The first-order valence-corrected chi connectivity index (χ1v) is 7.09. The summed E-state index contributed by atoms with van der Waals surface area (Å²) in [5.74, 6) is 0.967. The lowest BCUT2D eigenvalue weighted by Crippen LogP contribution is -2.51. The van der Waals surface area contributed by atoms with E-state index >= 15 is 0 Å². The molecule has 0 aromatic heterocycles. The standard InChI is InChI=1S/C13H25N3.ClH/c1-2-13-11-15(8-9-16(13)7-1)10-12-3-5-14-6-4-12;/h12-14H,1-11H2;1H. The minimum absolute atomic E-state index is 0. The van der Waals surface area contributed by atoms with Crippen molar-refractivity contribution in [2.45, 2.75) is 31.7 Å². The number of halogens is 1. The van der Waals surface area contributed by atoms with Crippen LogP contribution in [0.15, 0.2) is 0 Å². The molecule has 4 heteroatoms. The van der Waals surface area contributed by atoms with Gasteiger partial charge in [-0.05, 0) is 51.2 Å². The van der Waals surface area contributed by atoms with Crippen LogP contribution in [0.2, 0.25) is 0 Å². The average Bonchev–Trinajstić information content (AvgIpc) is 2.77. The van der Waals surface area contributed by atoms with Gasteiger partial charge in [-0.15, -0.1) is 12.4 Å². The second-order valence-electron chi connectivity index (χ2n) is 5.78. The number of hydrogen-bond donors (Lipinski definition) is 1. The number of hydrogen-bond acceptors (Lipinski definition) is 3. The molecule has 3 heterocycles. The Morgan fingerprint density at radius 2 is 1.82 bits per heavy atom. The Kier molecular flexibility index (Phi) is 5.10. The van der Waals surface area contributed by atoms with Crippen molar-refractivity contribution in [2.75, 3.05) is 45.8 Å². The molecule has 0 aromatic rings. The van der Waals surface area contributed by atoms with Crippen LogP contribution in [0.3, 0.4) is 0 Å². The fraction of sp³-hybridized carbons (Fsp3) is 1.00. The molecule has 100 valence electrons. The highest BCUT2D eigenvalue weighted by atomic mass is 35.5. The number of nitrogens with zero attached hydrogens (tertiary/aromatic N) is 2. The zero-order valence-corrected chi connectivity index (χ0v) is 11.6. The fourth-order valence-corrected chi connectivity index (χ4v) is 3.65. The van der Waals surface area contributed by atoms with Crippen molar-refractivity contribution in [3.05, 3.63) is 0 Å². The molecule has 0 aromatic carbocycles. The zero-order valence-electron chi connectivity index (χ0n) is 10.7. The van der Waals surface area contributed by atoms with Gasteiger partial charge in [-0.1, -0.05) is 0 Å². The molecular formula is C13H26ClN3. The third kappa shape index (κ3) is 3.34. The van der Waals surface area contributed by atoms with Crippen LogP contribution in [0.25, 0.3) is 0 Å². The van der Waals surface area contributed by atoms with Crippen LogP contribution in [0.5, 0.6) is 0 Å². The predicted molar refractivity (Wildman–Crippen MR) is 73.9 cm³/mol. The quantitative estimate of drug-likeness (QED) is 0.804. The summed E-state index contributed by atoms with van der Waals surface area (Å²) in [5.41, 5.74) is 0. The van der Waals surface area contributed by atoms with Gasteiger partial charge in [0.2, 0.25) is 0 Å². The topological polar surface area (TPSA) is 18.5 Å². The molecule has 0 amide bonds. The largest absolute Gasteiger partial charge is 0.317 e. The molecule has 0 aliphatic carbocycles. The van der Waals surface area contributed by atoms with E-state index in [0.717, 1.165) is 12.0 Å². The molecule has 0 saturated carbocycles. The highest BCUT2D eigenvalue weighted by molar-refractivity contribution is 5.85. The number of fused-ring (bicyclic) bond motifs is 1. The monoisotopic (exact) mass is 259 g/mol. The van der Waals surface area contributed by atoms with E-state index in [9.17, 15) is 0 Å². The van der Waals surface area contributed by atoms with Crippen molar-refractivity contribution in [1.82, 2.24) is 15.1 Å². The second-order valence-corrected chi connectivity index (χ2v) is 5.78. The van der Waals surface area contributed by atoms with Crippen molar-refractivity contribution in [3.63, 3.8) is 0 Å². The Labute approximate surface area is 111 Å². The van der Waals surface area contributed by atoms with Crippen LogP contribution in [-0.4, -0.2) is 61.7 Å². The Bertz CT molecular complexity index is 231. The summed E-state index contributed by atoms with van der Waals surface area (Å²) >= 11 is 0. The zero-order chi connectivity index (χ0) is 10.8. The third-order valence-electron chi connectivity index (χ3n) is 4.65. The lowest BCUT2D eigenvalue weighted by molar-refractivity contribution is 0.0867. The van der Waals surface area contributed by atoms with Gasteiger partial charge in [-0.2, -0.15) is 0 Å². The Morgan fingerprint density at radius 3 is 2.65 bits per heavy atom. The van der Waals surface area contributed by atoms with Crippen molar-refractivity contribution < 1.29 is 0 Å². The summed E-state index contributed by atoms with van der Waals surface area (Å²) < 4.78 is 0. The molecule has 3 aliphatic rings. The van der Waals surface area contributed by atoms with Crippen LogP contribution >= 0.6 is 12.4 Å². The molecule has 3 aliphatic heterocycles. The molecule has 3 saturated heterocycles. The molecule has 3 rings (SSSR count). The maximum Gasteiger partial charge on any atom is 0.0224 e. The molecule has 3 nitrogen and oxygen atoms in total. The number of nitrogens with one attached hydrogen (secondary N) is 1. The van der Waals surface area contributed by atoms with E-state index in [4.69, 9.17) is 0 Å². The molecule has 3 fully saturated rings. The lowest BCUT2D eigenvalue weighted by atomic mass is 9.97. The molecule has 1 unspecified atom stereocenters. The minimum Gasteiger partial charge on any atom is -0.317 e. The molecule has 0 bridgehead atoms. The molecular weight excluding hydrogens is 234 g/mol. The van der Waals surface area contributed by atoms with E-state index in [2.05, 4.69) is 15.1 Å². The SMILES string of the molecule is C1CC2CN(CC3CCNCC3)CCN2C1.Cl. The van der Waals surface area contributed by atoms with Gasteiger partial charge in [0, 0.05) is 32.2 Å². The highest BCUT2D eigenvalue weighted by Crippen LogP contribution is 2.23. The van der Waals surface area contributed by atoms with E-state index in [1.165, 1.54) is 71.5 Å². The normalized spacial score (nSPS) is 32.1. The van der Waals surface area contributed by atoms with E-state index in [0.29, 0.717) is 0 Å². The number of rotatable bonds is 2. The fourth-order valence-electron chi connectivity index (χ4n) is 3.65. The van der Waals surface area contributed by atoms with E-state index < -0.39 is 0 Å². The number of piperazine rings is 1. The van der Waals surface area contributed by atoms with Gasteiger partial charge in [0.1, 0.15) is 0 Å². The predicted octanol–water partition coefficient (Wildman–Crippen LogP) is 1.19. The van der Waals surface area contributed by atoms with Crippen LogP contribution in [0.1, 0.15) is 25.7 Å². The van der Waals surface area contributed by atoms with Crippen LogP contribution in [0.4, 0.5) is 0 Å². The van der Waals surface area contributed by atoms with Crippen molar-refractivity contribution in [1.29, 1.82) is 0 Å². The first-order valence-electron chi connectivity index (χ1n) is 7.09. The van der Waals surface area contributed by atoms with Crippen LogP contribution < -0.4 is 5.32 Å². The van der Waals surface area contributed by atoms with Gasteiger partial charge < -0.3 is 10.2 Å². The van der Waals surface area contributed by atoms with E-state index in [1.807, 2.05) is 0 Å². The van der Waals surface area contributed by atoms with Gasteiger partial charge in [-0.25, -0.2) is 0 Å². The maximum atomic E-state index is 3.46. The smallest absolute Gasteiger partial charge is 0.0224 e. The molecule has 1 N–H and O–H groups in total. The lowest BCUT2D eigenvalue weighted by Gasteiger charge is -2.39. The summed E-state index contributed by atoms with van der Waals surface area (Å²) in [6.07, 6.45) is 5.67. The summed E-state index contributed by atoms with van der Waals surface area (Å²) in [7, 11) is 0. The summed E-state index contributed by atoms with van der Waals surface area (Å²) in [5, 5.41) is 3.46. The first-order chi connectivity index (χ1) is 7.92. The maximum absolute atomic E-state index is 3.46. The van der Waals surface area contributed by atoms with Gasteiger partial charge in [0.05, 0.1) is 0 Å². The number of piperidine rings is 1. The Hall–Kier alpha value is 0.170. The molecule has 0 spiro atoms. The van der Waals surface area contributed by atoms with E-state index in [1.54, 1.807) is 0 Å². The van der Waals surface area contributed by atoms with Crippen LogP contribution in [0, 0.1) is 5.92 Å². The summed E-state index contributed by atoms with van der Waals surface area (Å²) in [6, 6.07) is 0.899. The van der Waals surface area contributed by atoms with Crippen molar-refractivity contribution in [2.24, 2.45) is 5.92 Å². The minimum atomic E-state index is 0. The van der Waals surface area contributed by atoms with E-state index in [-0.39, 0.29) is 12.4 Å². The van der Waals surface area contributed by atoms with Gasteiger partial charge in [-0.3, -0.25) is 4.90 Å². The van der Waals surface area contributed by atoms with Gasteiger partial charge >= 0.3 is 0 Å². The first kappa shape index (κ1) is 13.6. The average molecular weight is 260 g/mol. The van der Waals surface area contributed by atoms with Gasteiger partial charge in [0.15, 0.2) is 0 Å². The van der Waals surface area contributed by atoms with Crippen molar-refractivity contribution in [3.8, 4) is 0 Å². The molecule has 0 radical (unpaired) electrons. The Morgan fingerprint density at radius 1 is 1.00 bits per heavy atom. The highest BCUT2D eigenvalue weighted by Gasteiger charge is 2.31. The third-order valence-corrected chi connectivity index (χ3v) is 4.65. The Balaban J connectivity index is 0.00000108. The van der Waals surface area contributed by atoms with Crippen molar-refractivity contribution >= 4 is 12.4 Å². The van der Waals surface area contributed by atoms with Gasteiger partial charge in [0.25, 0.3) is 0 Å². The summed E-state index contributed by atoms with van der Waals surface area (Å²) in [4.78, 5) is 5.45. The second kappa shape index (κ2) is 6.37.